The van der Waals surface area contributed by atoms with Crippen LogP contribution >= 0.6 is 0 Å². The van der Waals surface area contributed by atoms with Crippen LogP contribution < -0.4 is 0 Å². The van der Waals surface area contributed by atoms with E-state index in [2.05, 4.69) is 211 Å². The monoisotopic (exact) mass is 3190 g/mol. The van der Waals surface area contributed by atoms with Crippen LogP contribution in [0.5, 0.6) is 0 Å². The standard InChI is InChI=1S/4C15H22BN6.12Cu.16S.4W/c4*1-10-7-13(4)20(17-10)16(21-14(5)8-11(2)18-21)22-15(6)9-12(3)19-22;;;;;;;;;;;;;;;;;;;;;;;;;;;;;;;;/h4*7-9,16H,1-6H3;;;;;;;;;;;;;;;;;;;;;;;;;;;;;;;;/q4*-1;12*+2;16*-2;;;;. The zero-order chi connectivity index (χ0) is 64.1. The van der Waals surface area contributed by atoms with Crippen LogP contribution in [0.4, 0.5) is 0 Å². The van der Waals surface area contributed by atoms with Gasteiger partial charge in [-0.15, -0.1) is 0 Å². The topological polar surface area (TPSA) is 214 Å². The first-order valence-corrected chi connectivity index (χ1v) is 30.5. The Kier molecular flexibility index (Phi) is 133. The Morgan fingerprint density at radius 1 is 0.133 bits per heavy atom. The summed E-state index contributed by atoms with van der Waals surface area (Å²) in [5.74, 6) is 0. The van der Waals surface area contributed by atoms with E-state index < -0.39 is 28.5 Å². The fourth-order valence-electron chi connectivity index (χ4n) is 13.1. The summed E-state index contributed by atoms with van der Waals surface area (Å²) in [6.07, 6.45) is 0. The fraction of sp³-hybridized carbons (Fsp3) is 0.400. The van der Waals surface area contributed by atoms with E-state index in [1.807, 2.05) is 83.1 Å². The van der Waals surface area contributed by atoms with E-state index >= 15 is 0 Å². The number of rotatable bonds is 12. The van der Waals surface area contributed by atoms with E-state index in [1.54, 1.807) is 0 Å². The Hall–Kier alpha value is 5.37. The van der Waals surface area contributed by atoms with Gasteiger partial charge in [0.05, 0.1) is 68.3 Å². The maximum atomic E-state index is 4.70. The predicted molar refractivity (Wildman–Crippen MR) is 472 cm³/mol. The first-order valence-electron chi connectivity index (χ1n) is 30.5. The Morgan fingerprint density at radius 2 is 0.183 bits per heavy atom. The molecule has 0 saturated carbocycles. The predicted octanol–water partition coefficient (Wildman–Crippen LogP) is 7.08. The van der Waals surface area contributed by atoms with Crippen LogP contribution in [-0.2, 0) is 505 Å². The quantitative estimate of drug-likeness (QED) is 0.112. The Balaban J connectivity index is -0.0000000427. The molecule has 120 heavy (non-hydrogen) atoms. The Labute approximate surface area is 1010 Å². The van der Waals surface area contributed by atoms with Crippen molar-refractivity contribution >= 4 is 244 Å². The van der Waals surface area contributed by atoms with Gasteiger partial charge in [0.25, 0.3) is 0 Å². The van der Waals surface area contributed by atoms with Crippen LogP contribution in [0.25, 0.3) is 0 Å². The normalized spacial score (nSPS) is 8.50. The molecule has 60 heteroatoms. The number of nitrogens with zero attached hydrogens (tertiary/aromatic N) is 24. The minimum atomic E-state index is -1.26. The molecule has 12 aromatic heterocycles. The van der Waals surface area contributed by atoms with Crippen molar-refractivity contribution in [1.29, 1.82) is 0 Å². The average Bonchev–Trinajstić information content (AvgIpc) is 1.64. The third-order valence-corrected chi connectivity index (χ3v) is 16.5. The summed E-state index contributed by atoms with van der Waals surface area (Å²) in [5.41, 5.74) is 25.6. The molecule has 0 saturated heterocycles. The van der Waals surface area contributed by atoms with Gasteiger partial charge in [-0.1, -0.05) is 0 Å². The van der Waals surface area contributed by atoms with Crippen LogP contribution in [0.2, 0.25) is 0 Å². The van der Waals surface area contributed by atoms with Crippen molar-refractivity contribution in [2.75, 3.05) is 0 Å². The van der Waals surface area contributed by atoms with E-state index in [1.165, 1.54) is 0 Å². The van der Waals surface area contributed by atoms with Gasteiger partial charge in [0.2, 0.25) is 0 Å². The first-order chi connectivity index (χ1) is 41.5. The van der Waals surface area contributed by atoms with Crippen molar-refractivity contribution in [3.05, 3.63) is 209 Å². The van der Waals surface area contributed by atoms with Crippen LogP contribution in [0, 0.1) is 166 Å². The van der Waals surface area contributed by atoms with Crippen molar-refractivity contribution in [3.8, 4) is 0 Å². The molecule has 0 fully saturated rings. The minimum absolute atomic E-state index is 0. The van der Waals surface area contributed by atoms with E-state index in [0.29, 0.717) is 0 Å². The summed E-state index contributed by atoms with van der Waals surface area (Å²) in [7, 11) is -5.04. The van der Waals surface area contributed by atoms with E-state index in [0.717, 1.165) is 137 Å². The van der Waals surface area contributed by atoms with Crippen molar-refractivity contribution in [3.63, 3.8) is 0 Å². The summed E-state index contributed by atoms with van der Waals surface area (Å²) >= 11 is 0. The Morgan fingerprint density at radius 3 is 0.217 bits per heavy atom. The summed E-state index contributed by atoms with van der Waals surface area (Å²) in [4.78, 5) is 0. The molecule has 12 rings (SSSR count). The second-order valence-electron chi connectivity index (χ2n) is 24.8. The molecule has 24 nitrogen and oxygen atoms in total. The van der Waals surface area contributed by atoms with Crippen molar-refractivity contribution in [1.82, 2.24) is 116 Å². The van der Waals surface area contributed by atoms with Gasteiger partial charge in [0.1, 0.15) is 0 Å². The van der Waals surface area contributed by atoms with E-state index in [-0.39, 0.29) is 505 Å². The van der Waals surface area contributed by atoms with Gasteiger partial charge in [-0.05, 0) is 307 Å². The van der Waals surface area contributed by atoms with Crippen molar-refractivity contribution < 1.29 is 289 Å². The molecule has 0 aliphatic rings. The van der Waals surface area contributed by atoms with Gasteiger partial charge in [-0.25, -0.2) is 61.2 Å². The van der Waals surface area contributed by atoms with Gasteiger partial charge in [0.15, 0.2) is 0 Å². The van der Waals surface area contributed by atoms with Crippen molar-refractivity contribution in [2.45, 2.75) is 166 Å². The number of aromatic nitrogens is 24. The second kappa shape index (κ2) is 84.8. The summed E-state index contributed by atoms with van der Waals surface area (Å²) in [6, 6.07) is 25.1. The van der Waals surface area contributed by atoms with Crippen LogP contribution in [0.3, 0.4) is 0 Å². The van der Waals surface area contributed by atoms with Crippen LogP contribution in [0.1, 0.15) is 137 Å². The fourth-order valence-corrected chi connectivity index (χ4v) is 13.1. The minimum Gasteiger partial charge on any atom is -2.00 e. The summed E-state index contributed by atoms with van der Waals surface area (Å²) in [6.45, 7) is 49.2. The molecule has 0 aliphatic heterocycles. The van der Waals surface area contributed by atoms with Gasteiger partial charge >= 0.3 is 233 Å². The SMILES string of the molecule is Cc1cc(C)n([BH-](n2nc(C)cc2C)n2nc(C)cc2C)n1.Cc1cc(C)n([BH-](n2nc(C)cc2C)n2nc(C)cc2C)n1.Cc1cc(C)n([BH-](n2nc(C)cc2C)n2nc(C)cc2C)n1.Cc1cc(C)n([BH-](n2nc(C)cc2C)n2nc(C)cc2C)n1.[Cu+2].[Cu+2].[Cu+2].[Cu+2].[Cu+2].[Cu+2].[Cu+2].[Cu+2].[Cu+2].[Cu+2].[Cu+2].[Cu+2].[S-2].[S-2].[S-2].[S-2].[S-2].[S-2].[S-2].[S-2].[S-2].[S-2].[S-2].[S-2].[S-2].[S-2].[S-2].[S-2].[W].[W].[W].[W]. The van der Waals surface area contributed by atoms with E-state index in [9.17, 15) is 0 Å². The molecule has 0 bridgehead atoms. The maximum absolute atomic E-state index is 4.70. The van der Waals surface area contributed by atoms with Crippen LogP contribution in [0.15, 0.2) is 72.8 Å². The third-order valence-electron chi connectivity index (χ3n) is 16.5. The van der Waals surface area contributed by atoms with Crippen molar-refractivity contribution in [2.24, 2.45) is 0 Å². The third kappa shape index (κ3) is 47.4. The van der Waals surface area contributed by atoms with Gasteiger partial charge in [-0.3, -0.25) is 0 Å². The molecule has 724 valence electrons. The molecule has 0 aromatic carbocycles. The maximum Gasteiger partial charge on any atom is 2.00 e. The molecule has 0 amide bonds. The van der Waals surface area contributed by atoms with Gasteiger partial charge in [-0.2, -0.15) is 0 Å². The summed E-state index contributed by atoms with van der Waals surface area (Å²) < 4.78 is 24.8. The zero-order valence-corrected chi connectivity index (χ0v) is 104. The van der Waals surface area contributed by atoms with Crippen LogP contribution in [-0.4, -0.2) is 145 Å². The first kappa shape index (κ1) is 189. The molecule has 12 radical (unpaired) electrons. The number of hydrogen-bond acceptors (Lipinski definition) is 12. The van der Waals surface area contributed by atoms with Gasteiger partial charge < -0.3 is 271 Å². The molecule has 0 aliphatic carbocycles. The number of hydrogen-bond donors (Lipinski definition) is 0. The number of aryl methyl sites for hydroxylation is 24. The average molecular weight is 3200 g/mol. The molecule has 0 N–H and O–H groups in total. The Bertz CT molecular complexity index is 3560. The molecule has 12 aromatic rings. The second-order valence-corrected chi connectivity index (χ2v) is 24.8. The molecule has 0 unspecified atom stereocenters. The molecule has 12 heterocycles. The molecular weight excluding hydrogens is 3110 g/mol. The smallest absolute Gasteiger partial charge is 2.00 e. The summed E-state index contributed by atoms with van der Waals surface area (Å²) in [5, 5.41) is 56.4. The van der Waals surface area contributed by atoms with E-state index in [4.69, 9.17) is 61.2 Å². The largest absolute Gasteiger partial charge is 2.00 e. The zero-order valence-electron chi connectivity index (χ0n) is 68.3. The van der Waals surface area contributed by atoms with Gasteiger partial charge in [0, 0.05) is 84.3 Å². The molecular formula is C60H88B4Cu12N24S16W4-12. The molecule has 0 spiro atoms. The molecule has 0 atom stereocenters.